The Labute approximate surface area is 94.2 Å². The third kappa shape index (κ3) is 2.21. The fraction of sp³-hybridized carbons (Fsp3) is 0.333. The second-order valence-electron chi connectivity index (χ2n) is 3.94. The number of nitrogens with one attached hydrogen (secondary N) is 1. The van der Waals surface area contributed by atoms with Crippen molar-refractivity contribution < 1.29 is 9.59 Å². The van der Waals surface area contributed by atoms with Gasteiger partial charge in [0.15, 0.2) is 0 Å². The normalized spacial score (nSPS) is 15.1. The molecule has 0 saturated carbocycles. The van der Waals surface area contributed by atoms with Crippen molar-refractivity contribution in [3.05, 3.63) is 24.3 Å². The van der Waals surface area contributed by atoms with Crippen molar-refractivity contribution in [1.29, 1.82) is 0 Å². The lowest BCUT2D eigenvalue weighted by Crippen LogP contribution is -2.29. The van der Waals surface area contributed by atoms with E-state index in [1.807, 2.05) is 29.2 Å². The maximum Gasteiger partial charge on any atom is 0.226 e. The number of fused-ring (bicyclic) bond motifs is 1. The molecular formula is C12H14N2O2. The second kappa shape index (κ2) is 4.35. The minimum atomic E-state index is -0.00139. The molecule has 1 amide bonds. The van der Waals surface area contributed by atoms with Gasteiger partial charge in [-0.15, -0.1) is 0 Å². The molecular weight excluding hydrogens is 204 g/mol. The molecule has 1 aromatic rings. The number of para-hydroxylation sites is 2. The highest BCUT2D eigenvalue weighted by Gasteiger charge is 2.19. The van der Waals surface area contributed by atoms with Crippen LogP contribution in [0.5, 0.6) is 0 Å². The monoisotopic (exact) mass is 218 g/mol. The van der Waals surface area contributed by atoms with Crippen molar-refractivity contribution in [2.24, 2.45) is 0 Å². The molecule has 4 nitrogen and oxygen atoms in total. The number of carbonyl (C=O) groups excluding carboxylic acids is 2. The zero-order valence-electron chi connectivity index (χ0n) is 9.19. The zero-order chi connectivity index (χ0) is 11.5. The molecule has 1 heterocycles. The van der Waals surface area contributed by atoms with Crippen LogP contribution in [0.1, 0.15) is 13.3 Å². The first-order valence-electron chi connectivity index (χ1n) is 5.30. The number of hydrogen-bond donors (Lipinski definition) is 1. The standard InChI is InChI=1S/C12H14N2O2/c1-9(15)8-14-7-6-12(16)13-10-4-2-3-5-11(10)14/h2-5H,6-8H2,1H3,(H,13,16). The van der Waals surface area contributed by atoms with Crippen molar-refractivity contribution >= 4 is 23.1 Å². The predicted octanol–water partition coefficient (Wildman–Crippen LogP) is 1.42. The lowest BCUT2D eigenvalue weighted by molar-refractivity contribution is -0.117. The van der Waals surface area contributed by atoms with Crippen LogP contribution in [0.4, 0.5) is 11.4 Å². The molecule has 84 valence electrons. The fourth-order valence-corrected chi connectivity index (χ4v) is 1.86. The molecule has 0 unspecified atom stereocenters. The number of ketones is 1. The van der Waals surface area contributed by atoms with E-state index in [9.17, 15) is 9.59 Å². The molecule has 0 aliphatic carbocycles. The summed E-state index contributed by atoms with van der Waals surface area (Å²) in [7, 11) is 0. The Morgan fingerprint density at radius 2 is 2.19 bits per heavy atom. The van der Waals surface area contributed by atoms with Crippen LogP contribution in [-0.2, 0) is 9.59 Å². The van der Waals surface area contributed by atoms with Crippen molar-refractivity contribution in [1.82, 2.24) is 0 Å². The van der Waals surface area contributed by atoms with Gasteiger partial charge in [0.1, 0.15) is 5.78 Å². The van der Waals surface area contributed by atoms with Crippen LogP contribution in [0.2, 0.25) is 0 Å². The van der Waals surface area contributed by atoms with E-state index in [4.69, 9.17) is 0 Å². The number of Topliss-reactive ketones (excluding diaryl/α,β-unsaturated/α-hetero) is 1. The van der Waals surface area contributed by atoms with E-state index in [-0.39, 0.29) is 11.7 Å². The first-order valence-corrected chi connectivity index (χ1v) is 5.30. The first-order chi connectivity index (χ1) is 7.66. The Bertz CT molecular complexity index is 429. The minimum absolute atomic E-state index is 0.00139. The largest absolute Gasteiger partial charge is 0.362 e. The third-order valence-electron chi connectivity index (χ3n) is 2.54. The molecule has 4 heteroatoms. The summed E-state index contributed by atoms with van der Waals surface area (Å²) in [5, 5.41) is 2.83. The smallest absolute Gasteiger partial charge is 0.226 e. The number of carbonyl (C=O) groups is 2. The molecule has 0 spiro atoms. The molecule has 0 fully saturated rings. The number of rotatable bonds is 2. The lowest BCUT2D eigenvalue weighted by atomic mass is 10.2. The van der Waals surface area contributed by atoms with Gasteiger partial charge in [0.2, 0.25) is 5.91 Å². The second-order valence-corrected chi connectivity index (χ2v) is 3.94. The number of nitrogens with zero attached hydrogens (tertiary/aromatic N) is 1. The summed E-state index contributed by atoms with van der Waals surface area (Å²) >= 11 is 0. The van der Waals surface area contributed by atoms with Gasteiger partial charge in [-0.3, -0.25) is 9.59 Å². The number of hydrogen-bond acceptors (Lipinski definition) is 3. The molecule has 1 aliphatic heterocycles. The van der Waals surface area contributed by atoms with Crippen molar-refractivity contribution in [3.63, 3.8) is 0 Å². The van der Waals surface area contributed by atoms with Gasteiger partial charge in [-0.2, -0.15) is 0 Å². The maximum atomic E-state index is 11.5. The van der Waals surface area contributed by atoms with E-state index in [0.29, 0.717) is 19.5 Å². The average Bonchev–Trinajstić information content (AvgIpc) is 2.38. The molecule has 1 N–H and O–H groups in total. The molecule has 0 radical (unpaired) electrons. The van der Waals surface area contributed by atoms with Gasteiger partial charge >= 0.3 is 0 Å². The Morgan fingerprint density at radius 3 is 2.94 bits per heavy atom. The predicted molar refractivity (Wildman–Crippen MR) is 62.6 cm³/mol. The highest BCUT2D eigenvalue weighted by molar-refractivity contribution is 5.97. The Morgan fingerprint density at radius 1 is 1.44 bits per heavy atom. The van der Waals surface area contributed by atoms with Crippen LogP contribution in [0.25, 0.3) is 0 Å². The quantitative estimate of drug-likeness (QED) is 0.816. The number of amides is 1. The van der Waals surface area contributed by atoms with Crippen molar-refractivity contribution in [2.45, 2.75) is 13.3 Å². The van der Waals surface area contributed by atoms with Crippen molar-refractivity contribution in [3.8, 4) is 0 Å². The highest BCUT2D eigenvalue weighted by Crippen LogP contribution is 2.27. The van der Waals surface area contributed by atoms with Gasteiger partial charge in [-0.05, 0) is 19.1 Å². The molecule has 0 bridgehead atoms. The van der Waals surface area contributed by atoms with Gasteiger partial charge < -0.3 is 10.2 Å². The summed E-state index contributed by atoms with van der Waals surface area (Å²) in [5.74, 6) is 0.0997. The van der Waals surface area contributed by atoms with Crippen molar-refractivity contribution in [2.75, 3.05) is 23.3 Å². The van der Waals surface area contributed by atoms with E-state index in [2.05, 4.69) is 5.32 Å². The third-order valence-corrected chi connectivity index (χ3v) is 2.54. The van der Waals surface area contributed by atoms with E-state index in [0.717, 1.165) is 11.4 Å². The van der Waals surface area contributed by atoms with Gasteiger partial charge in [0.25, 0.3) is 0 Å². The topological polar surface area (TPSA) is 49.4 Å². The first kappa shape index (κ1) is 10.7. The summed E-state index contributed by atoms with van der Waals surface area (Å²) in [5.41, 5.74) is 1.70. The zero-order valence-corrected chi connectivity index (χ0v) is 9.19. The van der Waals surface area contributed by atoms with Crippen LogP contribution in [0.15, 0.2) is 24.3 Å². The van der Waals surface area contributed by atoms with Crippen LogP contribution >= 0.6 is 0 Å². The maximum absolute atomic E-state index is 11.5. The molecule has 1 aromatic carbocycles. The van der Waals surface area contributed by atoms with Crippen LogP contribution in [0.3, 0.4) is 0 Å². The van der Waals surface area contributed by atoms with Gasteiger partial charge in [-0.1, -0.05) is 12.1 Å². The van der Waals surface area contributed by atoms with Crippen LogP contribution in [0, 0.1) is 0 Å². The Balaban J connectivity index is 2.34. The molecule has 0 saturated heterocycles. The highest BCUT2D eigenvalue weighted by atomic mass is 16.1. The summed E-state index contributed by atoms with van der Waals surface area (Å²) < 4.78 is 0. The van der Waals surface area contributed by atoms with Crippen LogP contribution in [-0.4, -0.2) is 24.8 Å². The SMILES string of the molecule is CC(=O)CN1CCC(=O)Nc2ccccc21. The van der Waals surface area contributed by atoms with E-state index < -0.39 is 0 Å². The Kier molecular flexibility index (Phi) is 2.90. The summed E-state index contributed by atoms with van der Waals surface area (Å²) in [6.07, 6.45) is 0.419. The molecule has 0 aromatic heterocycles. The van der Waals surface area contributed by atoms with Gasteiger partial charge in [0, 0.05) is 13.0 Å². The number of anilines is 2. The molecule has 1 aliphatic rings. The molecule has 16 heavy (non-hydrogen) atoms. The Hall–Kier alpha value is -1.84. The fourth-order valence-electron chi connectivity index (χ4n) is 1.86. The molecule has 0 atom stereocenters. The number of benzene rings is 1. The summed E-state index contributed by atoms with van der Waals surface area (Å²) in [6.45, 7) is 2.50. The van der Waals surface area contributed by atoms with Crippen LogP contribution < -0.4 is 10.2 Å². The van der Waals surface area contributed by atoms with Gasteiger partial charge in [0.05, 0.1) is 17.9 Å². The summed E-state index contributed by atoms with van der Waals surface area (Å²) in [4.78, 5) is 24.6. The van der Waals surface area contributed by atoms with E-state index >= 15 is 0 Å². The van der Waals surface area contributed by atoms with E-state index in [1.54, 1.807) is 6.92 Å². The average molecular weight is 218 g/mol. The van der Waals surface area contributed by atoms with E-state index in [1.165, 1.54) is 0 Å². The summed E-state index contributed by atoms with van der Waals surface area (Å²) in [6, 6.07) is 7.55. The van der Waals surface area contributed by atoms with Gasteiger partial charge in [-0.25, -0.2) is 0 Å². The lowest BCUT2D eigenvalue weighted by Gasteiger charge is -2.22. The molecule has 2 rings (SSSR count). The minimum Gasteiger partial charge on any atom is -0.362 e.